The molecule has 1 N–H and O–H groups in total. The zero-order chi connectivity index (χ0) is 16.8. The molecule has 1 aliphatic rings. The van der Waals surface area contributed by atoms with Crippen LogP contribution in [0, 0.1) is 11.3 Å². The number of nitrogens with zero attached hydrogens (tertiary/aromatic N) is 2. The van der Waals surface area contributed by atoms with E-state index in [2.05, 4.69) is 10.3 Å². The van der Waals surface area contributed by atoms with Crippen LogP contribution in [0.25, 0.3) is 6.08 Å². The Labute approximate surface area is 143 Å². The summed E-state index contributed by atoms with van der Waals surface area (Å²) in [5.74, 6) is 0.359. The molecular formula is C18H13N3O2S. The Bertz CT molecular complexity index is 854. The summed E-state index contributed by atoms with van der Waals surface area (Å²) in [5.41, 5.74) is 1.52. The minimum atomic E-state index is -0.204. The van der Waals surface area contributed by atoms with Gasteiger partial charge in [0.25, 0.3) is 5.91 Å². The van der Waals surface area contributed by atoms with Crippen molar-refractivity contribution >= 4 is 34.6 Å². The van der Waals surface area contributed by atoms with E-state index in [0.29, 0.717) is 15.8 Å². The van der Waals surface area contributed by atoms with E-state index in [4.69, 9.17) is 10.00 Å². The molecule has 0 aromatic heterocycles. The van der Waals surface area contributed by atoms with Gasteiger partial charge in [0, 0.05) is 5.56 Å². The first-order chi connectivity index (χ1) is 11.8. The molecule has 0 atom stereocenters. The standard InChI is InChI=1S/C18H13N3O2S/c19-10-11-23-15-9-5-4-6-13(15)12-16-17(22)21-18(24-16)20-14-7-2-1-3-8-14/h1-9,12H,11H2,(H,20,21,22)/b16-12+. The number of amidine groups is 1. The molecule has 6 heteroatoms. The van der Waals surface area contributed by atoms with Gasteiger partial charge in [0.15, 0.2) is 11.8 Å². The maximum absolute atomic E-state index is 12.1. The number of rotatable bonds is 4. The van der Waals surface area contributed by atoms with Gasteiger partial charge in [-0.2, -0.15) is 5.26 Å². The number of amides is 1. The van der Waals surface area contributed by atoms with Gasteiger partial charge in [-0.3, -0.25) is 4.79 Å². The predicted octanol–water partition coefficient (Wildman–Crippen LogP) is 3.48. The fourth-order valence-electron chi connectivity index (χ4n) is 2.08. The van der Waals surface area contributed by atoms with Crippen LogP contribution in [0.1, 0.15) is 5.56 Å². The maximum atomic E-state index is 12.1. The van der Waals surface area contributed by atoms with Crippen molar-refractivity contribution in [1.82, 2.24) is 5.32 Å². The number of benzene rings is 2. The molecule has 1 aliphatic heterocycles. The number of ether oxygens (including phenoxy) is 1. The number of para-hydroxylation sites is 2. The highest BCUT2D eigenvalue weighted by atomic mass is 32.2. The molecule has 1 fully saturated rings. The van der Waals surface area contributed by atoms with Crippen molar-refractivity contribution in [3.05, 3.63) is 65.1 Å². The normalized spacial score (nSPS) is 16.9. The molecule has 118 valence electrons. The monoisotopic (exact) mass is 335 g/mol. The molecule has 0 spiro atoms. The van der Waals surface area contributed by atoms with Crippen molar-refractivity contribution in [1.29, 1.82) is 5.26 Å². The molecule has 1 amide bonds. The van der Waals surface area contributed by atoms with Crippen LogP contribution < -0.4 is 10.1 Å². The van der Waals surface area contributed by atoms with Gasteiger partial charge in [0.2, 0.25) is 0 Å². The summed E-state index contributed by atoms with van der Waals surface area (Å²) in [4.78, 5) is 17.1. The van der Waals surface area contributed by atoms with Gasteiger partial charge in [-0.15, -0.1) is 0 Å². The summed E-state index contributed by atoms with van der Waals surface area (Å²) in [6.07, 6.45) is 1.74. The highest BCUT2D eigenvalue weighted by Crippen LogP contribution is 2.30. The van der Waals surface area contributed by atoms with Gasteiger partial charge >= 0.3 is 0 Å². The first-order valence-corrected chi connectivity index (χ1v) is 8.01. The smallest absolute Gasteiger partial charge is 0.264 e. The van der Waals surface area contributed by atoms with Crippen LogP contribution in [-0.2, 0) is 4.79 Å². The second-order valence-electron chi connectivity index (χ2n) is 4.80. The first kappa shape index (κ1) is 15.8. The van der Waals surface area contributed by atoms with Crippen LogP contribution in [-0.4, -0.2) is 17.7 Å². The Balaban J connectivity index is 1.83. The van der Waals surface area contributed by atoms with Crippen LogP contribution in [0.3, 0.4) is 0 Å². The van der Waals surface area contributed by atoms with Crippen molar-refractivity contribution in [2.45, 2.75) is 0 Å². The minimum absolute atomic E-state index is 0.0414. The maximum Gasteiger partial charge on any atom is 0.264 e. The van der Waals surface area contributed by atoms with Gasteiger partial charge in [0.05, 0.1) is 10.6 Å². The van der Waals surface area contributed by atoms with Crippen molar-refractivity contribution < 1.29 is 9.53 Å². The van der Waals surface area contributed by atoms with Crippen molar-refractivity contribution in [3.8, 4) is 11.8 Å². The summed E-state index contributed by atoms with van der Waals surface area (Å²) >= 11 is 1.27. The molecule has 24 heavy (non-hydrogen) atoms. The van der Waals surface area contributed by atoms with Crippen molar-refractivity contribution in [2.24, 2.45) is 4.99 Å². The number of nitriles is 1. The second-order valence-corrected chi connectivity index (χ2v) is 5.83. The molecule has 0 unspecified atom stereocenters. The van der Waals surface area contributed by atoms with Gasteiger partial charge < -0.3 is 10.1 Å². The summed E-state index contributed by atoms with van der Waals surface area (Å²) < 4.78 is 5.38. The Hall–Kier alpha value is -3.04. The minimum Gasteiger partial charge on any atom is -0.478 e. The summed E-state index contributed by atoms with van der Waals surface area (Å²) in [6, 6.07) is 18.6. The van der Waals surface area contributed by atoms with Crippen molar-refractivity contribution in [3.63, 3.8) is 0 Å². The number of hydrogen-bond donors (Lipinski definition) is 1. The van der Waals surface area contributed by atoms with Crippen LogP contribution in [0.15, 0.2) is 64.5 Å². The molecule has 0 radical (unpaired) electrons. The molecule has 0 aliphatic carbocycles. The van der Waals surface area contributed by atoms with E-state index in [-0.39, 0.29) is 12.5 Å². The Kier molecular flexibility index (Phi) is 4.94. The van der Waals surface area contributed by atoms with Crippen molar-refractivity contribution in [2.75, 3.05) is 6.61 Å². The lowest BCUT2D eigenvalue weighted by atomic mass is 10.2. The predicted molar refractivity (Wildman–Crippen MR) is 94.8 cm³/mol. The van der Waals surface area contributed by atoms with E-state index < -0.39 is 0 Å². The lowest BCUT2D eigenvalue weighted by molar-refractivity contribution is -0.115. The zero-order valence-corrected chi connectivity index (χ0v) is 13.4. The number of aliphatic imine (C=N–C) groups is 1. The number of carbonyl (C=O) groups is 1. The number of carbonyl (C=O) groups excluding carboxylic acids is 1. The van der Waals surface area contributed by atoms with Gasteiger partial charge in [-0.1, -0.05) is 36.4 Å². The van der Waals surface area contributed by atoms with Crippen LogP contribution in [0.2, 0.25) is 0 Å². The average Bonchev–Trinajstić information content (AvgIpc) is 2.94. The molecule has 2 aromatic carbocycles. The molecule has 0 bridgehead atoms. The molecule has 0 saturated carbocycles. The molecular weight excluding hydrogens is 322 g/mol. The number of nitrogens with one attached hydrogen (secondary N) is 1. The third-order valence-electron chi connectivity index (χ3n) is 3.14. The molecule has 3 rings (SSSR count). The van der Waals surface area contributed by atoms with Gasteiger partial charge in [-0.05, 0) is 36.0 Å². The fourth-order valence-corrected chi connectivity index (χ4v) is 2.92. The zero-order valence-electron chi connectivity index (χ0n) is 12.6. The Morgan fingerprint density at radius 1 is 1.17 bits per heavy atom. The summed E-state index contributed by atoms with van der Waals surface area (Å²) in [7, 11) is 0. The lowest BCUT2D eigenvalue weighted by Gasteiger charge is -2.05. The van der Waals surface area contributed by atoms with Crippen LogP contribution in [0.4, 0.5) is 5.69 Å². The van der Waals surface area contributed by atoms with E-state index >= 15 is 0 Å². The topological polar surface area (TPSA) is 74.5 Å². The summed E-state index contributed by atoms with van der Waals surface area (Å²) in [6.45, 7) is -0.0414. The average molecular weight is 335 g/mol. The second kappa shape index (κ2) is 7.49. The highest BCUT2D eigenvalue weighted by molar-refractivity contribution is 8.18. The molecule has 1 heterocycles. The molecule has 1 saturated heterocycles. The van der Waals surface area contributed by atoms with Crippen LogP contribution in [0.5, 0.6) is 5.75 Å². The highest BCUT2D eigenvalue weighted by Gasteiger charge is 2.24. The summed E-state index contributed by atoms with van der Waals surface area (Å²) in [5, 5.41) is 11.9. The molecule has 5 nitrogen and oxygen atoms in total. The fraction of sp³-hybridized carbons (Fsp3) is 0.0556. The third-order valence-corrected chi connectivity index (χ3v) is 4.05. The molecule has 2 aromatic rings. The van der Waals surface area contributed by atoms with E-state index in [1.54, 1.807) is 12.1 Å². The first-order valence-electron chi connectivity index (χ1n) is 7.19. The SMILES string of the molecule is N#CCOc1ccccc1/C=C1/SC(=Nc2ccccc2)NC1=O. The third kappa shape index (κ3) is 3.83. The van der Waals surface area contributed by atoms with E-state index in [0.717, 1.165) is 11.3 Å². The lowest BCUT2D eigenvalue weighted by Crippen LogP contribution is -2.19. The number of thioether (sulfide) groups is 1. The largest absolute Gasteiger partial charge is 0.478 e. The van der Waals surface area contributed by atoms with E-state index in [1.165, 1.54) is 11.8 Å². The Morgan fingerprint density at radius 2 is 1.92 bits per heavy atom. The van der Waals surface area contributed by atoms with Gasteiger partial charge in [-0.25, -0.2) is 4.99 Å². The van der Waals surface area contributed by atoms with E-state index in [1.807, 2.05) is 54.6 Å². The quantitative estimate of drug-likeness (QED) is 0.868. The van der Waals surface area contributed by atoms with E-state index in [9.17, 15) is 4.79 Å². The van der Waals surface area contributed by atoms with Gasteiger partial charge in [0.1, 0.15) is 11.8 Å². The Morgan fingerprint density at radius 3 is 2.71 bits per heavy atom. The number of hydrogen-bond acceptors (Lipinski definition) is 5. The van der Waals surface area contributed by atoms with Crippen LogP contribution >= 0.6 is 11.8 Å².